The van der Waals surface area contributed by atoms with Crippen molar-refractivity contribution in [3.8, 4) is 0 Å². The summed E-state index contributed by atoms with van der Waals surface area (Å²) in [5, 5.41) is 10.1. The highest BCUT2D eigenvalue weighted by molar-refractivity contribution is 5.98. The zero-order valence-electron chi connectivity index (χ0n) is 12.3. The summed E-state index contributed by atoms with van der Waals surface area (Å²) < 4.78 is 0. The molecule has 0 aliphatic carbocycles. The van der Waals surface area contributed by atoms with Gasteiger partial charge in [-0.05, 0) is 30.5 Å². The quantitative estimate of drug-likeness (QED) is 0.892. The summed E-state index contributed by atoms with van der Waals surface area (Å²) in [7, 11) is 0. The van der Waals surface area contributed by atoms with Crippen LogP contribution < -0.4 is 0 Å². The van der Waals surface area contributed by atoms with Gasteiger partial charge in [-0.25, -0.2) is 0 Å². The SMILES string of the molecule is Cc1cc2ccc(C(=O)N3CCN(CCO)CC3)cc2[nH]1. The van der Waals surface area contributed by atoms with Crippen LogP contribution in [0.3, 0.4) is 0 Å². The highest BCUT2D eigenvalue weighted by Gasteiger charge is 2.21. The fourth-order valence-electron chi connectivity index (χ4n) is 2.90. The van der Waals surface area contributed by atoms with Crippen molar-refractivity contribution >= 4 is 16.8 Å². The molecule has 2 aromatic rings. The Labute approximate surface area is 124 Å². The Morgan fingerprint density at radius 1 is 1.24 bits per heavy atom. The summed E-state index contributed by atoms with van der Waals surface area (Å²) in [5.41, 5.74) is 2.85. The molecule has 112 valence electrons. The number of fused-ring (bicyclic) bond motifs is 1. The molecule has 1 aromatic heterocycles. The average molecular weight is 287 g/mol. The molecule has 2 heterocycles. The Balaban J connectivity index is 1.72. The molecule has 5 heteroatoms. The molecule has 1 aromatic carbocycles. The molecule has 1 fully saturated rings. The smallest absolute Gasteiger partial charge is 0.254 e. The Bertz CT molecular complexity index is 642. The molecule has 21 heavy (non-hydrogen) atoms. The lowest BCUT2D eigenvalue weighted by Crippen LogP contribution is -2.49. The topological polar surface area (TPSA) is 59.6 Å². The van der Waals surface area contributed by atoms with Gasteiger partial charge in [-0.1, -0.05) is 6.07 Å². The van der Waals surface area contributed by atoms with E-state index in [0.717, 1.165) is 48.3 Å². The first kappa shape index (κ1) is 14.1. The van der Waals surface area contributed by atoms with Gasteiger partial charge in [-0.15, -0.1) is 0 Å². The molecule has 0 radical (unpaired) electrons. The van der Waals surface area contributed by atoms with Gasteiger partial charge in [-0.2, -0.15) is 0 Å². The molecule has 1 aliphatic rings. The van der Waals surface area contributed by atoms with E-state index in [0.29, 0.717) is 6.54 Å². The van der Waals surface area contributed by atoms with Crippen LogP contribution in [-0.2, 0) is 0 Å². The summed E-state index contributed by atoms with van der Waals surface area (Å²) in [6, 6.07) is 7.91. The van der Waals surface area contributed by atoms with E-state index in [9.17, 15) is 4.79 Å². The highest BCUT2D eigenvalue weighted by atomic mass is 16.3. The van der Waals surface area contributed by atoms with Gasteiger partial charge >= 0.3 is 0 Å². The van der Waals surface area contributed by atoms with E-state index in [1.807, 2.05) is 30.0 Å². The van der Waals surface area contributed by atoms with Crippen LogP contribution in [0.2, 0.25) is 0 Å². The largest absolute Gasteiger partial charge is 0.395 e. The van der Waals surface area contributed by atoms with Crippen LogP contribution >= 0.6 is 0 Å². The normalized spacial score (nSPS) is 16.6. The molecule has 0 unspecified atom stereocenters. The van der Waals surface area contributed by atoms with Crippen molar-refractivity contribution in [1.29, 1.82) is 0 Å². The van der Waals surface area contributed by atoms with E-state index in [-0.39, 0.29) is 12.5 Å². The first-order valence-electron chi connectivity index (χ1n) is 7.39. The van der Waals surface area contributed by atoms with Crippen LogP contribution in [0.1, 0.15) is 16.1 Å². The lowest BCUT2D eigenvalue weighted by molar-refractivity contribution is 0.0615. The zero-order valence-corrected chi connectivity index (χ0v) is 12.3. The molecular weight excluding hydrogens is 266 g/mol. The number of amides is 1. The highest BCUT2D eigenvalue weighted by Crippen LogP contribution is 2.18. The van der Waals surface area contributed by atoms with Gasteiger partial charge in [-0.3, -0.25) is 9.69 Å². The van der Waals surface area contributed by atoms with Crippen molar-refractivity contribution < 1.29 is 9.90 Å². The number of carbonyl (C=O) groups excluding carboxylic acids is 1. The van der Waals surface area contributed by atoms with Gasteiger partial charge in [0.1, 0.15) is 0 Å². The molecule has 0 spiro atoms. The van der Waals surface area contributed by atoms with Crippen molar-refractivity contribution in [2.24, 2.45) is 0 Å². The van der Waals surface area contributed by atoms with Gasteiger partial charge in [0.15, 0.2) is 0 Å². The van der Waals surface area contributed by atoms with E-state index in [4.69, 9.17) is 5.11 Å². The standard InChI is InChI=1S/C16H21N3O2/c1-12-10-13-2-3-14(11-15(13)17-12)16(21)19-6-4-18(5-7-19)8-9-20/h2-3,10-11,17,20H,4-9H2,1H3. The zero-order chi connectivity index (χ0) is 14.8. The number of aromatic amines is 1. The summed E-state index contributed by atoms with van der Waals surface area (Å²) >= 11 is 0. The summed E-state index contributed by atoms with van der Waals surface area (Å²) in [6.45, 7) is 5.99. The lowest BCUT2D eigenvalue weighted by atomic mass is 10.1. The summed E-state index contributed by atoms with van der Waals surface area (Å²) in [6.07, 6.45) is 0. The van der Waals surface area contributed by atoms with Gasteiger partial charge < -0.3 is 15.0 Å². The molecule has 2 N–H and O–H groups in total. The Morgan fingerprint density at radius 2 is 2.00 bits per heavy atom. The first-order chi connectivity index (χ1) is 10.2. The minimum atomic E-state index is 0.0906. The van der Waals surface area contributed by atoms with E-state index >= 15 is 0 Å². The van der Waals surface area contributed by atoms with Crippen LogP contribution in [0.4, 0.5) is 0 Å². The van der Waals surface area contributed by atoms with E-state index in [1.165, 1.54) is 0 Å². The van der Waals surface area contributed by atoms with Crippen molar-refractivity contribution in [2.45, 2.75) is 6.92 Å². The van der Waals surface area contributed by atoms with Crippen molar-refractivity contribution in [3.63, 3.8) is 0 Å². The first-order valence-corrected chi connectivity index (χ1v) is 7.39. The number of aromatic nitrogens is 1. The molecular formula is C16H21N3O2. The monoisotopic (exact) mass is 287 g/mol. The number of aryl methyl sites for hydroxylation is 1. The van der Waals surface area contributed by atoms with Gasteiger partial charge in [0, 0.05) is 49.5 Å². The number of rotatable bonds is 3. The Hall–Kier alpha value is -1.85. The van der Waals surface area contributed by atoms with Crippen molar-refractivity contribution in [2.75, 3.05) is 39.3 Å². The fraction of sp³-hybridized carbons (Fsp3) is 0.438. The van der Waals surface area contributed by atoms with Crippen LogP contribution in [0.5, 0.6) is 0 Å². The number of aliphatic hydroxyl groups excluding tert-OH is 1. The number of aliphatic hydroxyl groups is 1. The summed E-state index contributed by atoms with van der Waals surface area (Å²) in [5.74, 6) is 0.0906. The predicted molar refractivity (Wildman–Crippen MR) is 82.5 cm³/mol. The number of nitrogens with zero attached hydrogens (tertiary/aromatic N) is 2. The van der Waals surface area contributed by atoms with E-state index < -0.39 is 0 Å². The third kappa shape index (κ3) is 2.94. The van der Waals surface area contributed by atoms with Crippen LogP contribution in [-0.4, -0.2) is 65.1 Å². The van der Waals surface area contributed by atoms with Crippen LogP contribution in [0.25, 0.3) is 10.9 Å². The molecule has 0 atom stereocenters. The second kappa shape index (κ2) is 5.87. The maximum Gasteiger partial charge on any atom is 0.254 e. The molecule has 1 aliphatic heterocycles. The molecule has 0 bridgehead atoms. The molecule has 0 saturated carbocycles. The third-order valence-corrected chi connectivity index (χ3v) is 4.08. The number of hydrogen-bond donors (Lipinski definition) is 2. The van der Waals surface area contributed by atoms with Gasteiger partial charge in [0.2, 0.25) is 0 Å². The minimum Gasteiger partial charge on any atom is -0.395 e. The Morgan fingerprint density at radius 3 is 2.71 bits per heavy atom. The lowest BCUT2D eigenvalue weighted by Gasteiger charge is -2.34. The number of carbonyl (C=O) groups is 1. The molecule has 5 nitrogen and oxygen atoms in total. The van der Waals surface area contributed by atoms with E-state index in [2.05, 4.69) is 16.0 Å². The number of benzene rings is 1. The van der Waals surface area contributed by atoms with Gasteiger partial charge in [0.25, 0.3) is 5.91 Å². The second-order valence-electron chi connectivity index (χ2n) is 5.61. The predicted octanol–water partition coefficient (Wildman–Crippen LogP) is 1.23. The number of β-amino-alcohol motifs (C(OH)–C–C–N with tert-alkyl or cyclic N) is 1. The molecule has 1 saturated heterocycles. The molecule has 1 amide bonds. The van der Waals surface area contributed by atoms with E-state index in [1.54, 1.807) is 0 Å². The maximum atomic E-state index is 12.6. The number of piperazine rings is 1. The number of hydrogen-bond acceptors (Lipinski definition) is 3. The average Bonchev–Trinajstić information content (AvgIpc) is 2.86. The van der Waals surface area contributed by atoms with Crippen LogP contribution in [0.15, 0.2) is 24.3 Å². The number of nitrogens with one attached hydrogen (secondary N) is 1. The third-order valence-electron chi connectivity index (χ3n) is 4.08. The number of H-pyrrole nitrogens is 1. The van der Waals surface area contributed by atoms with Gasteiger partial charge in [0.05, 0.1) is 6.61 Å². The summed E-state index contributed by atoms with van der Waals surface area (Å²) in [4.78, 5) is 19.9. The molecule has 3 rings (SSSR count). The maximum absolute atomic E-state index is 12.6. The van der Waals surface area contributed by atoms with Crippen LogP contribution in [0, 0.1) is 6.92 Å². The second-order valence-corrected chi connectivity index (χ2v) is 5.61. The minimum absolute atomic E-state index is 0.0906. The van der Waals surface area contributed by atoms with Crippen molar-refractivity contribution in [3.05, 3.63) is 35.5 Å². The fourth-order valence-corrected chi connectivity index (χ4v) is 2.90. The Kier molecular flexibility index (Phi) is 3.94. The van der Waals surface area contributed by atoms with Crippen molar-refractivity contribution in [1.82, 2.24) is 14.8 Å².